The van der Waals surface area contributed by atoms with Crippen LogP contribution in [0.15, 0.2) is 12.1 Å². The van der Waals surface area contributed by atoms with Gasteiger partial charge in [0.05, 0.1) is 12.7 Å². The van der Waals surface area contributed by atoms with Crippen molar-refractivity contribution < 1.29 is 52.1 Å². The van der Waals surface area contributed by atoms with Crippen LogP contribution >= 0.6 is 11.3 Å². The number of amides is 3. The maximum Gasteiger partial charge on any atom is 0.332 e. The Morgan fingerprint density at radius 3 is 2.70 bits per heavy atom. The van der Waals surface area contributed by atoms with Crippen LogP contribution in [-0.2, 0) is 42.2 Å². The molecule has 2 atom stereocenters. The summed E-state index contributed by atoms with van der Waals surface area (Å²) in [4.78, 5) is 28.4. The van der Waals surface area contributed by atoms with Crippen molar-refractivity contribution in [1.82, 2.24) is 4.90 Å². The van der Waals surface area contributed by atoms with E-state index in [2.05, 4.69) is 13.8 Å². The Kier molecular flexibility index (Phi) is 11.2. The minimum Gasteiger partial charge on any atom is -0.388 e. The summed E-state index contributed by atoms with van der Waals surface area (Å²) >= 11 is 1.36. The van der Waals surface area contributed by atoms with Crippen molar-refractivity contribution in [2.75, 3.05) is 25.2 Å². The number of aliphatic hydroxyl groups is 1. The summed E-state index contributed by atoms with van der Waals surface area (Å²) in [5.41, 5.74) is 0. The molecule has 1 radical (unpaired) electrons. The molecule has 6 nitrogen and oxygen atoms in total. The fourth-order valence-corrected chi connectivity index (χ4v) is 3.97. The topological polar surface area (TPSA) is 70.1 Å². The monoisotopic (exact) mass is 470 g/mol. The number of rotatable bonds is 11. The van der Waals surface area contributed by atoms with Crippen LogP contribution in [-0.4, -0.2) is 48.2 Å². The quantitative estimate of drug-likeness (QED) is 0.304. The van der Waals surface area contributed by atoms with Crippen LogP contribution in [0.5, 0.6) is 0 Å². The summed E-state index contributed by atoms with van der Waals surface area (Å²) in [5.74, 6) is -0.261. The zero-order chi connectivity index (χ0) is 19.1. The van der Waals surface area contributed by atoms with E-state index >= 15 is 0 Å². The van der Waals surface area contributed by atoms with E-state index in [4.69, 9.17) is 4.74 Å². The summed E-state index contributed by atoms with van der Waals surface area (Å²) in [7, 11) is 1.49. The molecule has 2 heterocycles. The molecule has 1 aliphatic rings. The number of nitrogens with zero attached hydrogens (tertiary/aromatic N) is 2. The molecule has 8 heteroatoms. The Morgan fingerprint density at radius 1 is 1.30 bits per heavy atom. The molecule has 1 aliphatic heterocycles. The molecule has 0 bridgehead atoms. The first kappa shape index (κ1) is 24.7. The van der Waals surface area contributed by atoms with Crippen molar-refractivity contribution in [1.29, 1.82) is 0 Å². The first-order chi connectivity index (χ1) is 12.5. The molecular formula is C19H29N2O4SY-. The van der Waals surface area contributed by atoms with Gasteiger partial charge in [-0.3, -0.25) is 14.6 Å². The molecule has 2 unspecified atom stereocenters. The third-order valence-electron chi connectivity index (χ3n) is 4.49. The fourth-order valence-electron chi connectivity index (χ4n) is 2.90. The normalized spacial score (nSPS) is 18.1. The van der Waals surface area contributed by atoms with Crippen molar-refractivity contribution in [3.8, 4) is 0 Å². The minimum absolute atomic E-state index is 0. The second kappa shape index (κ2) is 12.3. The molecule has 2 rings (SSSR count). The predicted octanol–water partition coefficient (Wildman–Crippen LogP) is 3.76. The molecule has 1 N–H and O–H groups in total. The third kappa shape index (κ3) is 6.33. The maximum absolute atomic E-state index is 12.5. The van der Waals surface area contributed by atoms with Crippen LogP contribution in [0.25, 0.3) is 0 Å². The molecule has 1 aromatic rings. The molecular weight excluding hydrogens is 441 g/mol. The second-order valence-corrected chi connectivity index (χ2v) is 7.63. The van der Waals surface area contributed by atoms with Gasteiger partial charge in [-0.1, -0.05) is 32.6 Å². The van der Waals surface area contributed by atoms with Gasteiger partial charge in [0.1, 0.15) is 11.0 Å². The van der Waals surface area contributed by atoms with Gasteiger partial charge in [-0.25, -0.2) is 4.79 Å². The van der Waals surface area contributed by atoms with Gasteiger partial charge in [-0.05, 0) is 18.6 Å². The number of hydrogen-bond donors (Lipinski definition) is 1. The van der Waals surface area contributed by atoms with Crippen molar-refractivity contribution in [3.63, 3.8) is 0 Å². The summed E-state index contributed by atoms with van der Waals surface area (Å²) in [5, 5.41) is 11.0. The van der Waals surface area contributed by atoms with Gasteiger partial charge in [0.25, 0.3) is 5.91 Å². The van der Waals surface area contributed by atoms with E-state index in [1.54, 1.807) is 6.07 Å². The Hall–Kier alpha value is -0.336. The fraction of sp³-hybridized carbons (Fsp3) is 0.632. The molecule has 149 valence electrons. The van der Waals surface area contributed by atoms with Crippen molar-refractivity contribution in [3.05, 3.63) is 23.9 Å². The van der Waals surface area contributed by atoms with Crippen LogP contribution in [0.4, 0.5) is 9.80 Å². The molecule has 1 fully saturated rings. The van der Waals surface area contributed by atoms with Gasteiger partial charge in [-0.15, -0.1) is 11.3 Å². The first-order valence-corrected chi connectivity index (χ1v) is 10.1. The van der Waals surface area contributed by atoms with Crippen LogP contribution in [0.2, 0.25) is 0 Å². The Bertz CT molecular complexity index is 610. The van der Waals surface area contributed by atoms with Crippen LogP contribution in [0.3, 0.4) is 0 Å². The van der Waals surface area contributed by atoms with E-state index in [9.17, 15) is 14.7 Å². The van der Waals surface area contributed by atoms with Crippen molar-refractivity contribution >= 4 is 28.3 Å². The number of carbonyl (C=O) groups excluding carboxylic acids is 2. The predicted molar refractivity (Wildman–Crippen MR) is 103 cm³/mol. The van der Waals surface area contributed by atoms with Crippen molar-refractivity contribution in [2.24, 2.45) is 0 Å². The number of urea groups is 1. The summed E-state index contributed by atoms with van der Waals surface area (Å²) in [6.07, 6.45) is 4.93. The molecule has 1 aromatic heterocycles. The summed E-state index contributed by atoms with van der Waals surface area (Å²) in [6.45, 7) is 6.57. The number of unbranched alkanes of at least 4 members (excludes halogenated alkanes) is 3. The number of thiophene rings is 1. The number of hydrogen-bond acceptors (Lipinski definition) is 5. The molecule has 0 spiro atoms. The number of aliphatic hydroxyl groups excluding tert-OH is 1. The molecule has 0 saturated carbocycles. The number of ether oxygens (including phenoxy) is 1. The number of likely N-dealkylation sites (N-methyl/N-ethyl adjacent to an activating group) is 1. The van der Waals surface area contributed by atoms with Gasteiger partial charge in [-0.2, -0.15) is 6.42 Å². The number of carbonyl (C=O) groups is 2. The molecule has 27 heavy (non-hydrogen) atoms. The van der Waals surface area contributed by atoms with E-state index < -0.39 is 12.1 Å². The van der Waals surface area contributed by atoms with Crippen molar-refractivity contribution in [2.45, 2.75) is 57.6 Å². The molecule has 0 aliphatic carbocycles. The zero-order valence-corrected chi connectivity index (χ0v) is 19.9. The van der Waals surface area contributed by atoms with Gasteiger partial charge in [0.2, 0.25) is 0 Å². The van der Waals surface area contributed by atoms with Crippen LogP contribution in [0.1, 0.15) is 56.4 Å². The van der Waals surface area contributed by atoms with Gasteiger partial charge in [0, 0.05) is 51.2 Å². The minimum atomic E-state index is -0.652. The zero-order valence-electron chi connectivity index (χ0n) is 16.2. The average molecular weight is 470 g/mol. The van der Waals surface area contributed by atoms with Crippen LogP contribution in [0, 0.1) is 6.92 Å². The molecule has 0 aromatic carbocycles. The van der Waals surface area contributed by atoms with Gasteiger partial charge in [0.15, 0.2) is 0 Å². The molecule has 3 amide bonds. The SMILES string of the molecule is [CH2-]CCCOCC1C(=O)N(C)C(=O)N1c1ccc(C(O)CCCCC)s1.[Y]. The molecule has 1 saturated heterocycles. The van der Waals surface area contributed by atoms with E-state index in [-0.39, 0.29) is 51.3 Å². The second-order valence-electron chi connectivity index (χ2n) is 6.54. The van der Waals surface area contributed by atoms with Crippen LogP contribution < -0.4 is 4.90 Å². The third-order valence-corrected chi connectivity index (χ3v) is 5.68. The number of imide groups is 1. The van der Waals surface area contributed by atoms with E-state index in [1.165, 1.54) is 23.3 Å². The standard InChI is InChI=1S/C19H29N2O4S.Y/c1-4-6-8-9-15(22)16-10-11-17(26-16)21-14(13-25-12-7-5-2)18(23)20(3)19(21)24;/h10-11,14-15,22H,2,4-9,12-13H2,1,3H3;/q-1;. The van der Waals surface area contributed by atoms with Gasteiger partial charge < -0.3 is 16.8 Å². The Morgan fingerprint density at radius 2 is 2.04 bits per heavy atom. The average Bonchev–Trinajstić information content (AvgIpc) is 3.19. The smallest absolute Gasteiger partial charge is 0.332 e. The van der Waals surface area contributed by atoms with E-state index in [0.717, 1.165) is 41.9 Å². The summed E-state index contributed by atoms with van der Waals surface area (Å²) < 4.78 is 5.57. The first-order valence-electron chi connectivity index (χ1n) is 9.26. The maximum atomic E-state index is 12.5. The number of anilines is 1. The van der Waals surface area contributed by atoms with E-state index in [0.29, 0.717) is 18.0 Å². The van der Waals surface area contributed by atoms with Gasteiger partial charge >= 0.3 is 6.03 Å². The summed E-state index contributed by atoms with van der Waals surface area (Å²) in [6, 6.07) is 2.64. The Labute approximate surface area is 191 Å². The Balaban J connectivity index is 0.00000364. The largest absolute Gasteiger partial charge is 0.388 e. The van der Waals surface area contributed by atoms with E-state index in [1.807, 2.05) is 6.07 Å².